The summed E-state index contributed by atoms with van der Waals surface area (Å²) in [4.78, 5) is 6.73. The van der Waals surface area contributed by atoms with Crippen molar-refractivity contribution in [2.45, 2.75) is 20.3 Å². The van der Waals surface area contributed by atoms with Crippen LogP contribution < -0.4 is 5.73 Å². The third kappa shape index (κ3) is 3.54. The molecule has 0 unspecified atom stereocenters. The third-order valence-electron chi connectivity index (χ3n) is 3.17. The van der Waals surface area contributed by atoms with Crippen molar-refractivity contribution in [1.29, 1.82) is 0 Å². The zero-order valence-corrected chi connectivity index (χ0v) is 11.5. The Morgan fingerprint density at radius 2 is 1.84 bits per heavy atom. The lowest BCUT2D eigenvalue weighted by Crippen LogP contribution is -2.25. The summed E-state index contributed by atoms with van der Waals surface area (Å²) in [6, 6.07) is 7.46. The molecule has 1 aromatic heterocycles. The van der Waals surface area contributed by atoms with Crippen LogP contribution in [0.2, 0.25) is 0 Å². The van der Waals surface area contributed by atoms with Gasteiger partial charge in [-0.25, -0.2) is 0 Å². The predicted molar refractivity (Wildman–Crippen MR) is 75.6 cm³/mol. The molecule has 0 radical (unpaired) electrons. The van der Waals surface area contributed by atoms with E-state index in [2.05, 4.69) is 28.9 Å². The fraction of sp³-hybridized carbons (Fsp3) is 0.429. The Morgan fingerprint density at radius 3 is 2.47 bits per heavy atom. The van der Waals surface area contributed by atoms with Gasteiger partial charge in [0.25, 0.3) is 0 Å². The van der Waals surface area contributed by atoms with Gasteiger partial charge in [0.2, 0.25) is 11.7 Å². The van der Waals surface area contributed by atoms with Gasteiger partial charge in [-0.2, -0.15) is 4.98 Å². The highest BCUT2D eigenvalue weighted by Gasteiger charge is 2.09. The van der Waals surface area contributed by atoms with Crippen molar-refractivity contribution in [3.05, 3.63) is 30.2 Å². The highest BCUT2D eigenvalue weighted by molar-refractivity contribution is 5.57. The van der Waals surface area contributed by atoms with Crippen LogP contribution in [0.25, 0.3) is 11.4 Å². The van der Waals surface area contributed by atoms with E-state index in [4.69, 9.17) is 10.3 Å². The van der Waals surface area contributed by atoms with Crippen LogP contribution in [0.4, 0.5) is 5.69 Å². The van der Waals surface area contributed by atoms with Crippen LogP contribution >= 0.6 is 0 Å². The van der Waals surface area contributed by atoms with Crippen molar-refractivity contribution in [3.8, 4) is 11.4 Å². The molecule has 0 bridgehead atoms. The van der Waals surface area contributed by atoms with Gasteiger partial charge in [-0.1, -0.05) is 19.0 Å². The maximum absolute atomic E-state index is 5.65. The van der Waals surface area contributed by atoms with Gasteiger partial charge in [-0.3, -0.25) is 0 Å². The summed E-state index contributed by atoms with van der Waals surface area (Å²) in [5.74, 6) is 1.30. The Hall–Kier alpha value is -1.88. The second-order valence-electron chi connectivity index (χ2n) is 4.41. The fourth-order valence-corrected chi connectivity index (χ4v) is 1.90. The molecule has 19 heavy (non-hydrogen) atoms. The molecule has 0 atom stereocenters. The van der Waals surface area contributed by atoms with Gasteiger partial charge in [0.1, 0.15) is 0 Å². The third-order valence-corrected chi connectivity index (χ3v) is 3.17. The first-order valence-electron chi connectivity index (χ1n) is 6.63. The van der Waals surface area contributed by atoms with Gasteiger partial charge in [0.05, 0.1) is 0 Å². The molecule has 0 aliphatic carbocycles. The smallest absolute Gasteiger partial charge is 0.228 e. The molecule has 0 aliphatic rings. The molecule has 0 spiro atoms. The molecule has 0 aliphatic heterocycles. The molecule has 1 heterocycles. The molecule has 0 amide bonds. The Morgan fingerprint density at radius 1 is 1.16 bits per heavy atom. The number of aromatic nitrogens is 2. The van der Waals surface area contributed by atoms with E-state index in [9.17, 15) is 0 Å². The quantitative estimate of drug-likeness (QED) is 0.806. The van der Waals surface area contributed by atoms with E-state index in [-0.39, 0.29) is 0 Å². The normalized spacial score (nSPS) is 11.1. The summed E-state index contributed by atoms with van der Waals surface area (Å²) in [5, 5.41) is 4.00. The first-order valence-corrected chi connectivity index (χ1v) is 6.63. The summed E-state index contributed by atoms with van der Waals surface area (Å²) in [6.45, 7) is 7.31. The number of benzene rings is 1. The lowest BCUT2D eigenvalue weighted by molar-refractivity contribution is 0.287. The molecule has 1 aromatic carbocycles. The Labute approximate surface area is 113 Å². The van der Waals surface area contributed by atoms with Gasteiger partial charge in [0, 0.05) is 24.2 Å². The molecule has 2 aromatic rings. The zero-order valence-electron chi connectivity index (χ0n) is 11.5. The van der Waals surface area contributed by atoms with Gasteiger partial charge in [-0.15, -0.1) is 0 Å². The van der Waals surface area contributed by atoms with Gasteiger partial charge < -0.3 is 15.2 Å². The largest absolute Gasteiger partial charge is 0.399 e. The molecule has 0 fully saturated rings. The molecular formula is C14H20N4O. The molecular weight excluding hydrogens is 240 g/mol. The van der Waals surface area contributed by atoms with Crippen LogP contribution in [-0.4, -0.2) is 34.7 Å². The maximum atomic E-state index is 5.65. The minimum Gasteiger partial charge on any atom is -0.399 e. The average molecular weight is 260 g/mol. The number of anilines is 1. The average Bonchev–Trinajstić information content (AvgIpc) is 2.89. The predicted octanol–water partition coefficient (Wildman–Crippen LogP) is 2.20. The fourth-order valence-electron chi connectivity index (χ4n) is 1.90. The lowest BCUT2D eigenvalue weighted by atomic mass is 10.2. The van der Waals surface area contributed by atoms with Crippen molar-refractivity contribution < 1.29 is 4.52 Å². The van der Waals surface area contributed by atoms with E-state index in [1.54, 1.807) is 0 Å². The standard InChI is InChI=1S/C14H20N4O/c1-3-18(4-2)10-9-13-16-14(17-19-13)11-5-7-12(15)8-6-11/h5-8H,3-4,9-10,15H2,1-2H3. The van der Waals surface area contributed by atoms with Crippen LogP contribution in [0.1, 0.15) is 19.7 Å². The van der Waals surface area contributed by atoms with Crippen molar-refractivity contribution in [2.24, 2.45) is 0 Å². The lowest BCUT2D eigenvalue weighted by Gasteiger charge is -2.15. The Bertz CT molecular complexity index is 502. The number of rotatable bonds is 6. The van der Waals surface area contributed by atoms with E-state index >= 15 is 0 Å². The molecule has 5 nitrogen and oxygen atoms in total. The number of likely N-dealkylation sites (N-methyl/N-ethyl adjacent to an activating group) is 1. The van der Waals surface area contributed by atoms with E-state index in [0.717, 1.165) is 37.3 Å². The van der Waals surface area contributed by atoms with Crippen LogP contribution in [0.5, 0.6) is 0 Å². The molecule has 5 heteroatoms. The number of hydrogen-bond acceptors (Lipinski definition) is 5. The SMILES string of the molecule is CCN(CC)CCc1nc(-c2ccc(N)cc2)no1. The highest BCUT2D eigenvalue weighted by atomic mass is 16.5. The number of nitrogens with zero attached hydrogens (tertiary/aromatic N) is 3. The van der Waals surface area contributed by atoms with Crippen LogP contribution in [0.3, 0.4) is 0 Å². The van der Waals surface area contributed by atoms with Crippen molar-refractivity contribution >= 4 is 5.69 Å². The second-order valence-corrected chi connectivity index (χ2v) is 4.41. The Kier molecular flexibility index (Phi) is 4.52. The molecule has 0 saturated heterocycles. The minimum absolute atomic E-state index is 0.620. The van der Waals surface area contributed by atoms with Crippen LogP contribution in [-0.2, 0) is 6.42 Å². The first kappa shape index (κ1) is 13.5. The zero-order chi connectivity index (χ0) is 13.7. The summed E-state index contributed by atoms with van der Waals surface area (Å²) < 4.78 is 5.27. The highest BCUT2D eigenvalue weighted by Crippen LogP contribution is 2.17. The van der Waals surface area contributed by atoms with E-state index in [1.165, 1.54) is 0 Å². The summed E-state index contributed by atoms with van der Waals surface area (Å²) in [7, 11) is 0. The topological polar surface area (TPSA) is 68.2 Å². The summed E-state index contributed by atoms with van der Waals surface area (Å²) in [6.07, 6.45) is 0.781. The van der Waals surface area contributed by atoms with Gasteiger partial charge in [0.15, 0.2) is 0 Å². The van der Waals surface area contributed by atoms with Gasteiger partial charge in [-0.05, 0) is 37.4 Å². The monoisotopic (exact) mass is 260 g/mol. The molecule has 0 saturated carbocycles. The van der Waals surface area contributed by atoms with E-state index in [0.29, 0.717) is 11.7 Å². The maximum Gasteiger partial charge on any atom is 0.228 e. The van der Waals surface area contributed by atoms with Crippen LogP contribution in [0.15, 0.2) is 28.8 Å². The number of nitrogen functional groups attached to an aromatic ring is 1. The van der Waals surface area contributed by atoms with Crippen molar-refractivity contribution in [2.75, 3.05) is 25.4 Å². The van der Waals surface area contributed by atoms with E-state index in [1.807, 2.05) is 24.3 Å². The van der Waals surface area contributed by atoms with E-state index < -0.39 is 0 Å². The molecule has 2 N–H and O–H groups in total. The first-order chi connectivity index (χ1) is 9.22. The summed E-state index contributed by atoms with van der Waals surface area (Å²) in [5.41, 5.74) is 7.31. The molecule has 2 rings (SSSR count). The number of hydrogen-bond donors (Lipinski definition) is 1. The van der Waals surface area contributed by atoms with Crippen LogP contribution in [0, 0.1) is 0 Å². The van der Waals surface area contributed by atoms with Crippen molar-refractivity contribution in [1.82, 2.24) is 15.0 Å². The van der Waals surface area contributed by atoms with Gasteiger partial charge >= 0.3 is 0 Å². The number of nitrogens with two attached hydrogens (primary N) is 1. The molecule has 102 valence electrons. The Balaban J connectivity index is 2.01. The second kappa shape index (κ2) is 6.33. The summed E-state index contributed by atoms with van der Waals surface area (Å²) >= 11 is 0. The minimum atomic E-state index is 0.620. The van der Waals surface area contributed by atoms with Crippen molar-refractivity contribution in [3.63, 3.8) is 0 Å².